The zero-order valence-electron chi connectivity index (χ0n) is 15.5. The second-order valence-electron chi connectivity index (χ2n) is 6.15. The summed E-state index contributed by atoms with van der Waals surface area (Å²) in [6, 6.07) is 7.56. The molecule has 5 heteroatoms. The largest absolute Gasteiger partial charge is 0.427 e. The first-order valence-electron chi connectivity index (χ1n) is 9.17. The molecule has 0 aliphatic heterocycles. The molecule has 136 valence electrons. The monoisotopic (exact) mass is 343 g/mol. The fraction of sp³-hybridized carbons (Fsp3) is 0.500. The van der Waals surface area contributed by atoms with E-state index < -0.39 is 0 Å². The van der Waals surface area contributed by atoms with Crippen LogP contribution in [0.5, 0.6) is 5.75 Å². The molecule has 25 heavy (non-hydrogen) atoms. The van der Waals surface area contributed by atoms with Gasteiger partial charge in [-0.25, -0.2) is 0 Å². The molecule has 1 aromatic heterocycles. The molecule has 0 fully saturated rings. The lowest BCUT2D eigenvalue weighted by Gasteiger charge is -2.17. The Bertz CT molecular complexity index is 684. The van der Waals surface area contributed by atoms with Crippen molar-refractivity contribution >= 4 is 22.6 Å². The summed E-state index contributed by atoms with van der Waals surface area (Å²) in [7, 11) is 0. The Balaban J connectivity index is 1.92. The molecule has 0 unspecified atom stereocenters. The molecule has 2 rings (SSSR count). The molecule has 0 bridgehead atoms. The Hall–Kier alpha value is -2.14. The molecular weight excluding hydrogens is 314 g/mol. The Morgan fingerprint density at radius 3 is 2.72 bits per heavy atom. The Labute approximate surface area is 150 Å². The number of carbonyl (C=O) groups excluding carboxylic acids is 1. The number of hydrogen-bond donors (Lipinski definition) is 1. The SMILES string of the molecule is CCN(CC)CCCCCNc1cc(OC(C)=O)cc2cccnc12. The maximum atomic E-state index is 11.2. The van der Waals surface area contributed by atoms with Gasteiger partial charge in [-0.05, 0) is 44.6 Å². The molecule has 0 amide bonds. The van der Waals surface area contributed by atoms with Crippen molar-refractivity contribution in [3.8, 4) is 5.75 Å². The number of ether oxygens (including phenoxy) is 1. The van der Waals surface area contributed by atoms with Crippen LogP contribution in [0.4, 0.5) is 5.69 Å². The summed E-state index contributed by atoms with van der Waals surface area (Å²) in [5.74, 6) is 0.239. The van der Waals surface area contributed by atoms with E-state index in [0.717, 1.165) is 42.6 Å². The lowest BCUT2D eigenvalue weighted by atomic mass is 10.1. The van der Waals surface area contributed by atoms with E-state index in [1.807, 2.05) is 24.3 Å². The molecule has 1 N–H and O–H groups in total. The highest BCUT2D eigenvalue weighted by atomic mass is 16.5. The van der Waals surface area contributed by atoms with Gasteiger partial charge < -0.3 is 15.0 Å². The van der Waals surface area contributed by atoms with E-state index in [1.54, 1.807) is 6.20 Å². The van der Waals surface area contributed by atoms with Crippen molar-refractivity contribution in [1.82, 2.24) is 9.88 Å². The first-order valence-corrected chi connectivity index (χ1v) is 9.17. The fourth-order valence-electron chi connectivity index (χ4n) is 2.92. The lowest BCUT2D eigenvalue weighted by molar-refractivity contribution is -0.131. The van der Waals surface area contributed by atoms with E-state index in [2.05, 4.69) is 29.0 Å². The van der Waals surface area contributed by atoms with Gasteiger partial charge in [0, 0.05) is 31.1 Å². The topological polar surface area (TPSA) is 54.5 Å². The smallest absolute Gasteiger partial charge is 0.308 e. The first kappa shape index (κ1) is 19.2. The molecule has 0 atom stereocenters. The van der Waals surface area contributed by atoms with Crippen molar-refractivity contribution < 1.29 is 9.53 Å². The highest BCUT2D eigenvalue weighted by Gasteiger charge is 2.07. The molecule has 0 aliphatic rings. The van der Waals surface area contributed by atoms with Gasteiger partial charge in [0.2, 0.25) is 0 Å². The van der Waals surface area contributed by atoms with Crippen LogP contribution in [0.2, 0.25) is 0 Å². The molecular formula is C20H29N3O2. The van der Waals surface area contributed by atoms with Gasteiger partial charge in [-0.2, -0.15) is 0 Å². The van der Waals surface area contributed by atoms with Crippen LogP contribution in [0.1, 0.15) is 40.0 Å². The second kappa shape index (κ2) is 9.99. The van der Waals surface area contributed by atoms with E-state index in [4.69, 9.17) is 4.74 Å². The summed E-state index contributed by atoms with van der Waals surface area (Å²) in [5, 5.41) is 4.41. The average molecular weight is 343 g/mol. The summed E-state index contributed by atoms with van der Waals surface area (Å²) in [4.78, 5) is 18.1. The van der Waals surface area contributed by atoms with Gasteiger partial charge in [0.15, 0.2) is 0 Å². The number of hydrogen-bond acceptors (Lipinski definition) is 5. The summed E-state index contributed by atoms with van der Waals surface area (Å²) in [5.41, 5.74) is 1.82. The van der Waals surface area contributed by atoms with E-state index in [9.17, 15) is 4.79 Å². The van der Waals surface area contributed by atoms with Crippen molar-refractivity contribution in [3.63, 3.8) is 0 Å². The third kappa shape index (κ3) is 6.02. The molecule has 1 aromatic carbocycles. The molecule has 2 aromatic rings. The van der Waals surface area contributed by atoms with E-state index in [-0.39, 0.29) is 5.97 Å². The Morgan fingerprint density at radius 1 is 1.20 bits per heavy atom. The number of rotatable bonds is 10. The minimum atomic E-state index is -0.314. The molecule has 0 radical (unpaired) electrons. The van der Waals surface area contributed by atoms with Crippen LogP contribution in [-0.2, 0) is 4.79 Å². The number of anilines is 1. The number of unbranched alkanes of at least 4 members (excludes halogenated alkanes) is 2. The van der Waals surface area contributed by atoms with Crippen LogP contribution in [-0.4, -0.2) is 42.0 Å². The molecule has 1 heterocycles. The number of benzene rings is 1. The van der Waals surface area contributed by atoms with Gasteiger partial charge in [0.25, 0.3) is 0 Å². The van der Waals surface area contributed by atoms with Gasteiger partial charge in [-0.15, -0.1) is 0 Å². The summed E-state index contributed by atoms with van der Waals surface area (Å²) < 4.78 is 5.25. The average Bonchev–Trinajstić information content (AvgIpc) is 2.60. The maximum Gasteiger partial charge on any atom is 0.308 e. The number of nitrogens with one attached hydrogen (secondary N) is 1. The lowest BCUT2D eigenvalue weighted by Crippen LogP contribution is -2.23. The molecule has 0 aliphatic carbocycles. The van der Waals surface area contributed by atoms with Gasteiger partial charge in [0.1, 0.15) is 5.75 Å². The maximum absolute atomic E-state index is 11.2. The quantitative estimate of drug-likeness (QED) is 0.400. The van der Waals surface area contributed by atoms with Crippen molar-refractivity contribution in [2.75, 3.05) is 31.5 Å². The highest BCUT2D eigenvalue weighted by molar-refractivity contribution is 5.92. The Kier molecular flexibility index (Phi) is 7.67. The van der Waals surface area contributed by atoms with Gasteiger partial charge in [-0.1, -0.05) is 26.3 Å². The number of aromatic nitrogens is 1. The van der Waals surface area contributed by atoms with Gasteiger partial charge in [-0.3, -0.25) is 9.78 Å². The zero-order valence-corrected chi connectivity index (χ0v) is 15.5. The molecule has 0 saturated heterocycles. The number of nitrogens with zero attached hydrogens (tertiary/aromatic N) is 2. The van der Waals surface area contributed by atoms with E-state index in [0.29, 0.717) is 5.75 Å². The van der Waals surface area contributed by atoms with Crippen molar-refractivity contribution in [3.05, 3.63) is 30.5 Å². The highest BCUT2D eigenvalue weighted by Crippen LogP contribution is 2.28. The number of pyridine rings is 1. The standard InChI is InChI=1S/C20H29N3O2/c1-4-23(5-2)13-8-6-7-11-21-19-15-18(25-16(3)24)14-17-10-9-12-22-20(17)19/h9-10,12,14-15,21H,4-8,11,13H2,1-3H3. The van der Waals surface area contributed by atoms with Crippen LogP contribution in [0.25, 0.3) is 10.9 Å². The van der Waals surface area contributed by atoms with Crippen molar-refractivity contribution in [2.24, 2.45) is 0 Å². The van der Waals surface area contributed by atoms with Crippen molar-refractivity contribution in [1.29, 1.82) is 0 Å². The van der Waals surface area contributed by atoms with E-state index in [1.165, 1.54) is 26.3 Å². The Morgan fingerprint density at radius 2 is 2.00 bits per heavy atom. The number of fused-ring (bicyclic) bond motifs is 1. The second-order valence-corrected chi connectivity index (χ2v) is 6.15. The van der Waals surface area contributed by atoms with Crippen LogP contribution in [0.3, 0.4) is 0 Å². The van der Waals surface area contributed by atoms with Gasteiger partial charge in [0.05, 0.1) is 11.2 Å². The van der Waals surface area contributed by atoms with Crippen LogP contribution in [0, 0.1) is 0 Å². The summed E-state index contributed by atoms with van der Waals surface area (Å²) >= 11 is 0. The zero-order chi connectivity index (χ0) is 18.1. The normalized spacial score (nSPS) is 11.0. The van der Waals surface area contributed by atoms with Crippen LogP contribution < -0.4 is 10.1 Å². The molecule has 0 saturated carbocycles. The number of esters is 1. The fourth-order valence-corrected chi connectivity index (χ4v) is 2.92. The molecule has 5 nitrogen and oxygen atoms in total. The third-order valence-corrected chi connectivity index (χ3v) is 4.30. The summed E-state index contributed by atoms with van der Waals surface area (Å²) in [6.45, 7) is 10.1. The van der Waals surface area contributed by atoms with E-state index >= 15 is 0 Å². The molecule has 0 spiro atoms. The van der Waals surface area contributed by atoms with Crippen LogP contribution >= 0.6 is 0 Å². The van der Waals surface area contributed by atoms with Gasteiger partial charge >= 0.3 is 5.97 Å². The predicted octanol–water partition coefficient (Wildman–Crippen LogP) is 4.08. The van der Waals surface area contributed by atoms with Crippen LogP contribution in [0.15, 0.2) is 30.5 Å². The number of carbonyl (C=O) groups is 1. The minimum Gasteiger partial charge on any atom is -0.427 e. The predicted molar refractivity (Wildman–Crippen MR) is 103 cm³/mol. The van der Waals surface area contributed by atoms with Crippen molar-refractivity contribution in [2.45, 2.75) is 40.0 Å². The first-order chi connectivity index (χ1) is 12.1. The third-order valence-electron chi connectivity index (χ3n) is 4.30. The summed E-state index contributed by atoms with van der Waals surface area (Å²) in [6.07, 6.45) is 5.30. The minimum absolute atomic E-state index is 0.314.